The second kappa shape index (κ2) is 20.7. The summed E-state index contributed by atoms with van der Waals surface area (Å²) in [5.74, 6) is -3.46. The lowest BCUT2D eigenvalue weighted by molar-refractivity contribution is -0.368. The molecule has 0 aromatic carbocycles. The average molecular weight is 1000 g/mol. The van der Waals surface area contributed by atoms with Crippen LogP contribution in [-0.2, 0) is 64.9 Å². The Morgan fingerprint density at radius 2 is 1.69 bits per heavy atom. The van der Waals surface area contributed by atoms with Crippen LogP contribution in [0.3, 0.4) is 0 Å². The topological polar surface area (TPSA) is 452 Å². The van der Waals surface area contributed by atoms with Gasteiger partial charge in [-0.3, -0.25) is 32.5 Å². The van der Waals surface area contributed by atoms with Crippen LogP contribution in [0, 0.1) is 5.41 Å². The van der Waals surface area contributed by atoms with E-state index in [4.69, 9.17) is 33.7 Å². The van der Waals surface area contributed by atoms with E-state index in [2.05, 4.69) is 34.4 Å². The molecule has 64 heavy (non-hydrogen) atoms. The van der Waals surface area contributed by atoms with Crippen molar-refractivity contribution < 1.29 is 110 Å². The van der Waals surface area contributed by atoms with Crippen LogP contribution in [0.1, 0.15) is 33.4 Å². The van der Waals surface area contributed by atoms with Crippen LogP contribution in [-0.4, -0.2) is 181 Å². The molecule has 13 N–H and O–H groups in total. The predicted octanol–water partition coefficient (Wildman–Crippen LogP) is -3.76. The Hall–Kier alpha value is -2.68. The summed E-state index contributed by atoms with van der Waals surface area (Å²) in [6.45, 7) is 1.08. The lowest BCUT2D eigenvalue weighted by Crippen LogP contribution is -2.65. The fourth-order valence-electron chi connectivity index (χ4n) is 6.25. The SMILES string of the molecule is CC1(C(=O)SCCNC(=O)CCNC(=O)C(O)C(C)(C)COP(=O)(O)OP(=O)(O)OCC2OC(n3cnc4c(N)ncnc43)C(O)C2OP(=O)(O)O)OCC2OC(O)C(O)C(O)C2O1. The second-order valence-electron chi connectivity index (χ2n) is 15.1. The highest BCUT2D eigenvalue weighted by Gasteiger charge is 2.54. The lowest BCUT2D eigenvalue weighted by atomic mass is 9.87. The van der Waals surface area contributed by atoms with E-state index in [1.54, 1.807) is 0 Å². The Bertz CT molecular complexity index is 2150. The largest absolute Gasteiger partial charge is 0.481 e. The number of carbonyl (C=O) groups excluding carboxylic acids is 3. The van der Waals surface area contributed by atoms with Crippen molar-refractivity contribution in [2.24, 2.45) is 5.41 Å². The van der Waals surface area contributed by atoms with Crippen LogP contribution in [0.5, 0.6) is 0 Å². The molecule has 3 saturated heterocycles. The molecular formula is C30H48N7O23P3S. The summed E-state index contributed by atoms with van der Waals surface area (Å²) >= 11 is 0.733. The Balaban J connectivity index is 1.02. The number of nitrogens with zero attached hydrogens (tertiary/aromatic N) is 4. The van der Waals surface area contributed by atoms with Crippen molar-refractivity contribution in [2.45, 2.75) is 94.3 Å². The van der Waals surface area contributed by atoms with E-state index < -0.39 is 126 Å². The van der Waals surface area contributed by atoms with Gasteiger partial charge in [0.2, 0.25) is 22.7 Å². The molecule has 3 aliphatic heterocycles. The van der Waals surface area contributed by atoms with Gasteiger partial charge in [0.05, 0.1) is 26.1 Å². The monoisotopic (exact) mass is 999 g/mol. The van der Waals surface area contributed by atoms with E-state index in [1.807, 2.05) is 0 Å². The number of nitrogens with two attached hydrogens (primary N) is 1. The van der Waals surface area contributed by atoms with Gasteiger partial charge in [-0.05, 0) is 6.92 Å². The number of hydrogen-bond acceptors (Lipinski definition) is 24. The number of thioether (sulfide) groups is 1. The summed E-state index contributed by atoms with van der Waals surface area (Å²) in [6.07, 6.45) is -14.3. The zero-order valence-electron chi connectivity index (χ0n) is 33.7. The summed E-state index contributed by atoms with van der Waals surface area (Å²) in [5, 5.41) is 55.5. The molecule has 13 unspecified atom stereocenters. The normalized spacial score (nSPS) is 31.1. The number of aliphatic hydroxyl groups excluding tert-OH is 5. The molecule has 2 aromatic heterocycles. The maximum Gasteiger partial charge on any atom is 0.481 e. The van der Waals surface area contributed by atoms with Crippen LogP contribution < -0.4 is 16.4 Å². The van der Waals surface area contributed by atoms with E-state index in [0.717, 1.165) is 29.0 Å². The molecule has 3 fully saturated rings. The van der Waals surface area contributed by atoms with Gasteiger partial charge in [0.1, 0.15) is 60.7 Å². The second-order valence-corrected chi connectivity index (χ2v) is 20.4. The molecule has 30 nitrogen and oxygen atoms in total. The highest BCUT2D eigenvalue weighted by Crippen LogP contribution is 2.61. The van der Waals surface area contributed by atoms with Crippen LogP contribution >= 0.6 is 35.2 Å². The Kier molecular flexibility index (Phi) is 16.9. The summed E-state index contributed by atoms with van der Waals surface area (Å²) in [7, 11) is -16.5. The molecule has 0 spiro atoms. The van der Waals surface area contributed by atoms with Gasteiger partial charge < -0.3 is 80.4 Å². The number of phosphoric acid groups is 3. The van der Waals surface area contributed by atoms with Crippen molar-refractivity contribution in [3.63, 3.8) is 0 Å². The third kappa shape index (κ3) is 13.1. The molecule has 13 atom stereocenters. The minimum absolute atomic E-state index is 0.0119. The van der Waals surface area contributed by atoms with Gasteiger partial charge in [-0.15, -0.1) is 0 Å². The number of nitrogens with one attached hydrogen (secondary N) is 2. The first-order valence-corrected chi connectivity index (χ1v) is 24.2. The zero-order chi connectivity index (χ0) is 47.6. The Labute approximate surface area is 365 Å². The molecular weight excluding hydrogens is 951 g/mol. The van der Waals surface area contributed by atoms with Crippen molar-refractivity contribution in [1.82, 2.24) is 30.2 Å². The quantitative estimate of drug-likeness (QED) is 0.0448. The van der Waals surface area contributed by atoms with Crippen molar-refractivity contribution >= 4 is 69.1 Å². The first-order chi connectivity index (χ1) is 29.6. The molecule has 34 heteroatoms. The van der Waals surface area contributed by atoms with Crippen LogP contribution in [0.25, 0.3) is 11.2 Å². The standard InChI is InChI=1S/C30H48N7O23P3S/c1-29(2,22(42)25(43)33-5-4-15(38)32-6-7-64-28(45)30(3)53-8-13-20(58-30)17(39)18(40)27(44)57-13)10-55-63(51,52)60-62(49,50)54-9-14-21(59-61(46,47)48)19(41)26(56-14)37-12-36-16-23(31)34-11-35-24(16)37/h11-14,17-22,26-27,39-42,44H,4-10H2,1-3H3,(H,32,38)(H,33,43)(H,49,50)(H,51,52)(H2,31,34,35)(H2,46,47,48). The lowest BCUT2D eigenvalue weighted by Gasteiger charge is -2.47. The number of aliphatic hydroxyl groups is 5. The molecule has 2 amide bonds. The highest BCUT2D eigenvalue weighted by molar-refractivity contribution is 8.13. The summed E-state index contributed by atoms with van der Waals surface area (Å²) in [6, 6.07) is 0. The van der Waals surface area contributed by atoms with E-state index >= 15 is 0 Å². The third-order valence-electron chi connectivity index (χ3n) is 9.65. The third-order valence-corrected chi connectivity index (χ3v) is 13.8. The first-order valence-electron chi connectivity index (χ1n) is 18.7. The number of carbonyl (C=O) groups is 3. The molecule has 0 bridgehead atoms. The molecule has 0 radical (unpaired) electrons. The number of phosphoric ester groups is 3. The van der Waals surface area contributed by atoms with E-state index in [1.165, 1.54) is 20.8 Å². The molecule has 362 valence electrons. The van der Waals surface area contributed by atoms with Crippen LogP contribution in [0.2, 0.25) is 0 Å². The van der Waals surface area contributed by atoms with Crippen molar-refractivity contribution in [2.75, 3.05) is 44.4 Å². The summed E-state index contributed by atoms with van der Waals surface area (Å²) in [5.41, 5.74) is 4.16. The van der Waals surface area contributed by atoms with Gasteiger partial charge in [0.15, 0.2) is 24.0 Å². The molecule has 5 heterocycles. The summed E-state index contributed by atoms with van der Waals surface area (Å²) in [4.78, 5) is 88.9. The maximum absolute atomic E-state index is 12.8. The number of hydrogen-bond donors (Lipinski definition) is 12. The highest BCUT2D eigenvalue weighted by atomic mass is 32.2. The van der Waals surface area contributed by atoms with E-state index in [0.29, 0.717) is 0 Å². The van der Waals surface area contributed by atoms with E-state index in [-0.39, 0.29) is 48.9 Å². The number of ether oxygens (including phenoxy) is 4. The van der Waals surface area contributed by atoms with Gasteiger partial charge in [0.25, 0.3) is 0 Å². The number of imidazole rings is 1. The van der Waals surface area contributed by atoms with Gasteiger partial charge in [0, 0.05) is 30.7 Å². The van der Waals surface area contributed by atoms with Crippen molar-refractivity contribution in [3.05, 3.63) is 12.7 Å². The Morgan fingerprint density at radius 3 is 2.38 bits per heavy atom. The number of nitrogen functional groups attached to an aromatic ring is 1. The van der Waals surface area contributed by atoms with Crippen molar-refractivity contribution in [1.29, 1.82) is 0 Å². The van der Waals surface area contributed by atoms with Gasteiger partial charge in [-0.25, -0.2) is 28.6 Å². The molecule has 0 aliphatic carbocycles. The number of anilines is 1. The fourth-order valence-corrected chi connectivity index (χ4v) is 9.83. The number of amides is 2. The number of fused-ring (bicyclic) bond motifs is 2. The smallest absolute Gasteiger partial charge is 0.387 e. The maximum atomic E-state index is 12.8. The van der Waals surface area contributed by atoms with Gasteiger partial charge in [-0.2, -0.15) is 4.31 Å². The van der Waals surface area contributed by atoms with Gasteiger partial charge in [-0.1, -0.05) is 25.6 Å². The minimum Gasteiger partial charge on any atom is -0.387 e. The molecule has 3 aliphatic rings. The predicted molar refractivity (Wildman–Crippen MR) is 209 cm³/mol. The van der Waals surface area contributed by atoms with Crippen LogP contribution in [0.4, 0.5) is 5.82 Å². The van der Waals surface area contributed by atoms with Crippen molar-refractivity contribution in [3.8, 4) is 0 Å². The molecule has 0 saturated carbocycles. The minimum atomic E-state index is -5.62. The number of aromatic nitrogens is 4. The molecule has 5 rings (SSSR count). The first kappa shape index (κ1) is 52.3. The zero-order valence-corrected chi connectivity index (χ0v) is 37.2. The van der Waals surface area contributed by atoms with E-state index in [9.17, 15) is 73.2 Å². The Morgan fingerprint density at radius 1 is 1.00 bits per heavy atom. The molecule has 2 aromatic rings. The van der Waals surface area contributed by atoms with Crippen LogP contribution in [0.15, 0.2) is 12.7 Å². The number of rotatable bonds is 20. The fraction of sp³-hybridized carbons (Fsp3) is 0.733. The van der Waals surface area contributed by atoms with Gasteiger partial charge >= 0.3 is 23.5 Å². The average Bonchev–Trinajstić information content (AvgIpc) is 3.77. The summed E-state index contributed by atoms with van der Waals surface area (Å²) < 4.78 is 78.4.